The zero-order valence-electron chi connectivity index (χ0n) is 12.9. The van der Waals surface area contributed by atoms with Crippen LogP contribution in [0.3, 0.4) is 0 Å². The summed E-state index contributed by atoms with van der Waals surface area (Å²) in [7, 11) is 0. The highest BCUT2D eigenvalue weighted by molar-refractivity contribution is 6.11. The highest BCUT2D eigenvalue weighted by Gasteiger charge is 2.13. The Kier molecular flexibility index (Phi) is 4.13. The minimum absolute atomic E-state index is 0.0211. The first-order valence-corrected chi connectivity index (χ1v) is 7.34. The maximum Gasteiger partial charge on any atom is 0.266 e. The number of nitriles is 1. The maximum atomic E-state index is 12.9. The molecule has 118 valence electrons. The van der Waals surface area contributed by atoms with Crippen molar-refractivity contribution in [3.63, 3.8) is 0 Å². The van der Waals surface area contributed by atoms with Crippen molar-refractivity contribution in [2.45, 2.75) is 6.92 Å². The number of nitrogens with zero attached hydrogens (tertiary/aromatic N) is 1. The summed E-state index contributed by atoms with van der Waals surface area (Å²) in [5, 5.41) is 12.9. The summed E-state index contributed by atoms with van der Waals surface area (Å²) in [5.41, 5.74) is 3.03. The Balaban J connectivity index is 1.94. The SMILES string of the molecule is Cc1[nH]c2ccccc2c1/C=C(/C#N)C(=O)Nc1ccc(F)cc1. The summed E-state index contributed by atoms with van der Waals surface area (Å²) in [4.78, 5) is 15.5. The van der Waals surface area contributed by atoms with E-state index in [1.165, 1.54) is 24.3 Å². The van der Waals surface area contributed by atoms with Crippen LogP contribution in [0.1, 0.15) is 11.3 Å². The summed E-state index contributed by atoms with van der Waals surface area (Å²) in [6, 6.07) is 15.0. The topological polar surface area (TPSA) is 68.7 Å². The van der Waals surface area contributed by atoms with Crippen molar-refractivity contribution in [2.75, 3.05) is 5.32 Å². The van der Waals surface area contributed by atoms with Crippen LogP contribution in [0.2, 0.25) is 0 Å². The largest absolute Gasteiger partial charge is 0.358 e. The fraction of sp³-hybridized carbons (Fsp3) is 0.0526. The van der Waals surface area contributed by atoms with Gasteiger partial charge < -0.3 is 10.3 Å². The molecular weight excluding hydrogens is 305 g/mol. The first-order valence-electron chi connectivity index (χ1n) is 7.34. The molecule has 0 aliphatic carbocycles. The number of benzene rings is 2. The molecule has 0 atom stereocenters. The van der Waals surface area contributed by atoms with Gasteiger partial charge in [0.2, 0.25) is 0 Å². The molecule has 1 aromatic heterocycles. The van der Waals surface area contributed by atoms with Crippen LogP contribution in [-0.2, 0) is 4.79 Å². The van der Waals surface area contributed by atoms with Crippen LogP contribution in [0.15, 0.2) is 54.1 Å². The van der Waals surface area contributed by atoms with E-state index in [0.29, 0.717) is 5.69 Å². The lowest BCUT2D eigenvalue weighted by atomic mass is 10.1. The third-order valence-electron chi connectivity index (χ3n) is 3.70. The van der Waals surface area contributed by atoms with E-state index in [0.717, 1.165) is 22.2 Å². The quantitative estimate of drug-likeness (QED) is 0.562. The Hall–Kier alpha value is -3.39. The van der Waals surface area contributed by atoms with E-state index in [1.807, 2.05) is 37.3 Å². The van der Waals surface area contributed by atoms with Gasteiger partial charge in [-0.3, -0.25) is 4.79 Å². The molecule has 2 aromatic carbocycles. The molecule has 4 nitrogen and oxygen atoms in total. The molecule has 0 aliphatic heterocycles. The lowest BCUT2D eigenvalue weighted by molar-refractivity contribution is -0.112. The number of hydrogen-bond donors (Lipinski definition) is 2. The van der Waals surface area contributed by atoms with Gasteiger partial charge in [0.25, 0.3) is 5.91 Å². The van der Waals surface area contributed by atoms with E-state index in [9.17, 15) is 14.4 Å². The zero-order chi connectivity index (χ0) is 17.1. The number of carbonyl (C=O) groups is 1. The fourth-order valence-electron chi connectivity index (χ4n) is 2.51. The van der Waals surface area contributed by atoms with Gasteiger partial charge in [-0.1, -0.05) is 18.2 Å². The molecule has 0 fully saturated rings. The number of carbonyl (C=O) groups excluding carboxylic acids is 1. The number of H-pyrrole nitrogens is 1. The van der Waals surface area contributed by atoms with Gasteiger partial charge in [0.1, 0.15) is 17.5 Å². The normalized spacial score (nSPS) is 11.3. The predicted molar refractivity (Wildman–Crippen MR) is 91.7 cm³/mol. The Labute approximate surface area is 138 Å². The Morgan fingerprint density at radius 2 is 1.92 bits per heavy atom. The van der Waals surface area contributed by atoms with E-state index < -0.39 is 11.7 Å². The van der Waals surface area contributed by atoms with Crippen molar-refractivity contribution in [1.29, 1.82) is 5.26 Å². The third kappa shape index (κ3) is 3.03. The van der Waals surface area contributed by atoms with Crippen molar-refractivity contribution in [3.05, 3.63) is 71.2 Å². The molecule has 3 aromatic rings. The molecule has 0 aliphatic rings. The summed E-state index contributed by atoms with van der Waals surface area (Å²) in [6.45, 7) is 1.89. The monoisotopic (exact) mass is 319 g/mol. The van der Waals surface area contributed by atoms with Crippen molar-refractivity contribution >= 4 is 28.6 Å². The van der Waals surface area contributed by atoms with Crippen LogP contribution >= 0.6 is 0 Å². The van der Waals surface area contributed by atoms with E-state index in [4.69, 9.17) is 0 Å². The Bertz CT molecular complexity index is 978. The molecule has 0 radical (unpaired) electrons. The number of anilines is 1. The molecule has 0 saturated carbocycles. The van der Waals surface area contributed by atoms with Gasteiger partial charge >= 0.3 is 0 Å². The van der Waals surface area contributed by atoms with Crippen molar-refractivity contribution in [1.82, 2.24) is 4.98 Å². The highest BCUT2D eigenvalue weighted by Crippen LogP contribution is 2.24. The second-order valence-electron chi connectivity index (χ2n) is 5.34. The maximum absolute atomic E-state index is 12.9. The second kappa shape index (κ2) is 6.39. The number of fused-ring (bicyclic) bond motifs is 1. The van der Waals surface area contributed by atoms with Crippen LogP contribution in [0.4, 0.5) is 10.1 Å². The van der Waals surface area contributed by atoms with Crippen molar-refractivity contribution in [3.8, 4) is 6.07 Å². The molecule has 3 rings (SSSR count). The van der Waals surface area contributed by atoms with E-state index >= 15 is 0 Å². The van der Waals surface area contributed by atoms with E-state index in [-0.39, 0.29) is 5.57 Å². The number of aryl methyl sites for hydroxylation is 1. The lowest BCUT2D eigenvalue weighted by Crippen LogP contribution is -2.13. The Morgan fingerprint density at radius 3 is 2.62 bits per heavy atom. The van der Waals surface area contributed by atoms with E-state index in [1.54, 1.807) is 6.08 Å². The van der Waals surface area contributed by atoms with Gasteiger partial charge in [0.15, 0.2) is 0 Å². The molecule has 1 heterocycles. The number of hydrogen-bond acceptors (Lipinski definition) is 2. The first kappa shape index (κ1) is 15.5. The van der Waals surface area contributed by atoms with Crippen molar-refractivity contribution < 1.29 is 9.18 Å². The first-order chi connectivity index (χ1) is 11.6. The van der Waals surface area contributed by atoms with Crippen molar-refractivity contribution in [2.24, 2.45) is 0 Å². The second-order valence-corrected chi connectivity index (χ2v) is 5.34. The van der Waals surface area contributed by atoms with Gasteiger partial charge in [0.05, 0.1) is 0 Å². The minimum atomic E-state index is -0.534. The van der Waals surface area contributed by atoms with Gasteiger partial charge in [-0.2, -0.15) is 5.26 Å². The van der Waals surface area contributed by atoms with Crippen LogP contribution in [0.5, 0.6) is 0 Å². The Morgan fingerprint density at radius 1 is 1.21 bits per heavy atom. The molecule has 0 spiro atoms. The number of aromatic nitrogens is 1. The summed E-state index contributed by atoms with van der Waals surface area (Å²) < 4.78 is 12.9. The van der Waals surface area contributed by atoms with Gasteiger partial charge in [-0.15, -0.1) is 0 Å². The molecule has 1 amide bonds. The van der Waals surface area contributed by atoms with Crippen LogP contribution in [0.25, 0.3) is 17.0 Å². The lowest BCUT2D eigenvalue weighted by Gasteiger charge is -2.04. The average molecular weight is 319 g/mol. The molecule has 0 saturated heterocycles. The van der Waals surface area contributed by atoms with Gasteiger partial charge in [-0.25, -0.2) is 4.39 Å². The molecular formula is C19H14FN3O. The summed E-state index contributed by atoms with van der Waals surface area (Å²) in [6.07, 6.45) is 1.56. The fourth-order valence-corrected chi connectivity index (χ4v) is 2.51. The number of halogens is 1. The average Bonchev–Trinajstić information content (AvgIpc) is 2.90. The van der Waals surface area contributed by atoms with Crippen LogP contribution < -0.4 is 5.32 Å². The number of nitrogens with one attached hydrogen (secondary N) is 2. The third-order valence-corrected chi connectivity index (χ3v) is 3.70. The van der Waals surface area contributed by atoms with Gasteiger partial charge in [0, 0.05) is 27.8 Å². The zero-order valence-corrected chi connectivity index (χ0v) is 12.9. The number of rotatable bonds is 3. The number of para-hydroxylation sites is 1. The molecule has 0 bridgehead atoms. The molecule has 5 heteroatoms. The molecule has 0 unspecified atom stereocenters. The highest BCUT2D eigenvalue weighted by atomic mass is 19.1. The number of aromatic amines is 1. The van der Waals surface area contributed by atoms with Crippen LogP contribution in [0, 0.1) is 24.1 Å². The smallest absolute Gasteiger partial charge is 0.266 e. The summed E-state index contributed by atoms with van der Waals surface area (Å²) >= 11 is 0. The van der Waals surface area contributed by atoms with E-state index in [2.05, 4.69) is 10.3 Å². The number of amides is 1. The predicted octanol–water partition coefficient (Wildman–Crippen LogP) is 4.16. The molecule has 24 heavy (non-hydrogen) atoms. The van der Waals surface area contributed by atoms with Crippen LogP contribution in [-0.4, -0.2) is 10.9 Å². The minimum Gasteiger partial charge on any atom is -0.358 e. The van der Waals surface area contributed by atoms with Gasteiger partial charge in [-0.05, 0) is 43.3 Å². The standard InChI is InChI=1S/C19H14FN3O/c1-12-17(16-4-2-3-5-18(16)22-12)10-13(11-21)19(24)23-15-8-6-14(20)7-9-15/h2-10,22H,1H3,(H,23,24)/b13-10-. The molecule has 2 N–H and O–H groups in total. The summed E-state index contributed by atoms with van der Waals surface area (Å²) in [5.74, 6) is -0.924.